The highest BCUT2D eigenvalue weighted by Gasteiger charge is 2.38. The smallest absolute Gasteiger partial charge is 0.359 e. The zero-order chi connectivity index (χ0) is 22.2. The summed E-state index contributed by atoms with van der Waals surface area (Å²) in [7, 11) is -4.24. The molecule has 29 heavy (non-hydrogen) atoms. The molecule has 1 unspecified atom stereocenters. The number of nitrogens with one attached hydrogen (secondary N) is 1. The maximum atomic E-state index is 12.9. The van der Waals surface area contributed by atoms with Gasteiger partial charge in [0, 0.05) is 11.5 Å². The van der Waals surface area contributed by atoms with Crippen LogP contribution in [0, 0.1) is 5.92 Å². The van der Waals surface area contributed by atoms with Crippen molar-refractivity contribution in [3.05, 3.63) is 41.7 Å². The number of hydrogen-bond acceptors (Lipinski definition) is 5. The maximum Gasteiger partial charge on any atom is 0.416 e. The van der Waals surface area contributed by atoms with Crippen LogP contribution in [0.25, 0.3) is 0 Å². The van der Waals surface area contributed by atoms with Gasteiger partial charge in [0.05, 0.1) is 10.5 Å². The number of amides is 1. The molecule has 0 saturated carbocycles. The van der Waals surface area contributed by atoms with E-state index in [-0.39, 0.29) is 16.1 Å². The molecule has 0 aliphatic heterocycles. The fourth-order valence-corrected chi connectivity index (χ4v) is 4.53. The third kappa shape index (κ3) is 5.17. The Morgan fingerprint density at radius 1 is 1.10 bits per heavy atom. The van der Waals surface area contributed by atoms with Gasteiger partial charge in [0.2, 0.25) is 5.91 Å². The predicted octanol–water partition coefficient (Wildman–Crippen LogP) is 4.43. The molecule has 1 N–H and O–H groups in total. The Kier molecular flexibility index (Phi) is 6.18. The fourth-order valence-electron chi connectivity index (χ4n) is 2.67. The second-order valence-electron chi connectivity index (χ2n) is 8.05. The van der Waals surface area contributed by atoms with E-state index in [4.69, 9.17) is 4.52 Å². The van der Waals surface area contributed by atoms with E-state index >= 15 is 0 Å². The Morgan fingerprint density at radius 2 is 1.66 bits per heavy atom. The number of alkyl halides is 3. The monoisotopic (exact) mass is 432 g/mol. The van der Waals surface area contributed by atoms with Gasteiger partial charge in [-0.25, -0.2) is 8.42 Å². The molecule has 0 aliphatic rings. The minimum atomic E-state index is -4.59. The number of nitrogens with zero attached hydrogens (tertiary/aromatic N) is 1. The lowest BCUT2D eigenvalue weighted by atomic mass is 9.93. The molecule has 1 heterocycles. The Hall–Kier alpha value is -2.36. The highest BCUT2D eigenvalue weighted by molar-refractivity contribution is 7.92. The summed E-state index contributed by atoms with van der Waals surface area (Å²) in [6.07, 6.45) is -4.59. The Labute approximate surface area is 167 Å². The van der Waals surface area contributed by atoms with Crippen LogP contribution in [0.15, 0.2) is 39.8 Å². The summed E-state index contributed by atoms with van der Waals surface area (Å²) in [5.41, 5.74) is -1.33. The van der Waals surface area contributed by atoms with Crippen LogP contribution in [0.4, 0.5) is 19.0 Å². The van der Waals surface area contributed by atoms with Gasteiger partial charge in [-0.05, 0) is 30.2 Å². The van der Waals surface area contributed by atoms with Crippen molar-refractivity contribution < 1.29 is 30.9 Å². The van der Waals surface area contributed by atoms with Gasteiger partial charge in [-0.1, -0.05) is 39.8 Å². The first-order valence-corrected chi connectivity index (χ1v) is 10.4. The number of aromatic nitrogens is 1. The largest absolute Gasteiger partial charge is 0.416 e. The first-order valence-electron chi connectivity index (χ1n) is 8.83. The van der Waals surface area contributed by atoms with Crippen LogP contribution in [0.5, 0.6) is 0 Å². The molecule has 1 atom stereocenters. The molecule has 1 aromatic heterocycles. The molecular formula is C19H23F3N2O4S. The summed E-state index contributed by atoms with van der Waals surface area (Å²) in [4.78, 5) is 12.3. The van der Waals surface area contributed by atoms with Crippen molar-refractivity contribution in [2.45, 2.75) is 56.4 Å². The second kappa shape index (κ2) is 7.81. The summed E-state index contributed by atoms with van der Waals surface area (Å²) >= 11 is 0. The highest BCUT2D eigenvalue weighted by Crippen LogP contribution is 2.31. The highest BCUT2D eigenvalue weighted by atomic mass is 32.2. The molecule has 0 spiro atoms. The van der Waals surface area contributed by atoms with Gasteiger partial charge in [0.1, 0.15) is 11.0 Å². The Morgan fingerprint density at radius 3 is 2.07 bits per heavy atom. The van der Waals surface area contributed by atoms with E-state index in [2.05, 4.69) is 10.5 Å². The molecule has 1 amide bonds. The fraction of sp³-hybridized carbons (Fsp3) is 0.474. The summed E-state index contributed by atoms with van der Waals surface area (Å²) in [6, 6.07) is 4.56. The standard InChI is InChI=1S/C19H23F3N2O4S/c1-11(2)16(17(25)23-15-10-14(28-24-15)18(3,4)5)29(26,27)13-8-6-12(7-9-13)19(20,21)22/h6-11,16H,1-5H3,(H,23,24,25). The van der Waals surface area contributed by atoms with E-state index in [0.717, 1.165) is 12.1 Å². The lowest BCUT2D eigenvalue weighted by molar-refractivity contribution is -0.137. The molecule has 0 fully saturated rings. The number of sulfone groups is 1. The molecule has 2 rings (SSSR count). The molecule has 0 aliphatic carbocycles. The van der Waals surface area contributed by atoms with Crippen LogP contribution >= 0.6 is 0 Å². The number of benzene rings is 1. The number of anilines is 1. The minimum absolute atomic E-state index is 0.0631. The third-order valence-corrected chi connectivity index (χ3v) is 6.57. The van der Waals surface area contributed by atoms with Gasteiger partial charge in [0.15, 0.2) is 15.7 Å². The molecule has 1 aromatic carbocycles. The summed E-state index contributed by atoms with van der Waals surface area (Å²) in [5, 5.41) is 4.64. The lowest BCUT2D eigenvalue weighted by Gasteiger charge is -2.20. The predicted molar refractivity (Wildman–Crippen MR) is 101 cm³/mol. The van der Waals surface area contributed by atoms with Gasteiger partial charge in [-0.3, -0.25) is 4.79 Å². The van der Waals surface area contributed by atoms with Crippen molar-refractivity contribution in [2.24, 2.45) is 5.92 Å². The molecule has 10 heteroatoms. The summed E-state index contributed by atoms with van der Waals surface area (Å²) in [6.45, 7) is 8.71. The molecule has 0 saturated heterocycles. The van der Waals surface area contributed by atoms with Crippen molar-refractivity contribution in [3.63, 3.8) is 0 Å². The van der Waals surface area contributed by atoms with E-state index in [1.807, 2.05) is 20.8 Å². The van der Waals surface area contributed by atoms with Crippen LogP contribution in [-0.2, 0) is 26.2 Å². The van der Waals surface area contributed by atoms with Crippen LogP contribution < -0.4 is 5.32 Å². The normalized spacial score (nSPS) is 14.1. The van der Waals surface area contributed by atoms with Gasteiger partial charge in [0.25, 0.3) is 0 Å². The van der Waals surface area contributed by atoms with E-state index in [1.165, 1.54) is 19.9 Å². The van der Waals surface area contributed by atoms with Gasteiger partial charge in [-0.2, -0.15) is 13.2 Å². The van der Waals surface area contributed by atoms with Crippen LogP contribution in [0.1, 0.15) is 45.9 Å². The van der Waals surface area contributed by atoms with Crippen molar-refractivity contribution >= 4 is 21.6 Å². The number of carbonyl (C=O) groups is 1. The third-order valence-electron chi connectivity index (χ3n) is 4.21. The van der Waals surface area contributed by atoms with Crippen molar-refractivity contribution in [1.29, 1.82) is 0 Å². The molecule has 6 nitrogen and oxygen atoms in total. The quantitative estimate of drug-likeness (QED) is 0.755. The Bertz CT molecular complexity index is 972. The molecule has 2 aromatic rings. The first kappa shape index (κ1) is 22.9. The summed E-state index contributed by atoms with van der Waals surface area (Å²) < 4.78 is 69.2. The van der Waals surface area contributed by atoms with Gasteiger partial charge >= 0.3 is 6.18 Å². The Balaban J connectivity index is 2.32. The van der Waals surface area contributed by atoms with E-state index in [0.29, 0.717) is 17.9 Å². The average Bonchev–Trinajstić information content (AvgIpc) is 3.02. The number of hydrogen-bond donors (Lipinski definition) is 1. The second-order valence-corrected chi connectivity index (χ2v) is 10.1. The molecular weight excluding hydrogens is 409 g/mol. The van der Waals surface area contributed by atoms with Crippen molar-refractivity contribution in [2.75, 3.05) is 5.32 Å². The zero-order valence-electron chi connectivity index (χ0n) is 16.7. The van der Waals surface area contributed by atoms with E-state index in [9.17, 15) is 26.4 Å². The summed E-state index contributed by atoms with van der Waals surface area (Å²) in [5.74, 6) is -0.919. The van der Waals surface area contributed by atoms with Crippen LogP contribution in [-0.4, -0.2) is 24.7 Å². The van der Waals surface area contributed by atoms with Crippen LogP contribution in [0.3, 0.4) is 0 Å². The van der Waals surface area contributed by atoms with E-state index in [1.54, 1.807) is 0 Å². The molecule has 160 valence electrons. The van der Waals surface area contributed by atoms with E-state index < -0.39 is 38.7 Å². The zero-order valence-corrected chi connectivity index (χ0v) is 17.5. The number of carbonyl (C=O) groups excluding carboxylic acids is 1. The van der Waals surface area contributed by atoms with Crippen molar-refractivity contribution in [1.82, 2.24) is 5.16 Å². The minimum Gasteiger partial charge on any atom is -0.359 e. The lowest BCUT2D eigenvalue weighted by Crippen LogP contribution is -2.39. The molecule has 0 bridgehead atoms. The van der Waals surface area contributed by atoms with Gasteiger partial charge in [-0.15, -0.1) is 0 Å². The van der Waals surface area contributed by atoms with Crippen molar-refractivity contribution in [3.8, 4) is 0 Å². The topological polar surface area (TPSA) is 89.3 Å². The molecule has 0 radical (unpaired) electrons. The average molecular weight is 432 g/mol. The first-order chi connectivity index (χ1) is 13.1. The maximum absolute atomic E-state index is 12.9. The SMILES string of the molecule is CC(C)C(C(=O)Nc1cc(C(C)(C)C)on1)S(=O)(=O)c1ccc(C(F)(F)F)cc1. The number of rotatable bonds is 5. The van der Waals surface area contributed by atoms with Gasteiger partial charge < -0.3 is 9.84 Å². The van der Waals surface area contributed by atoms with Crippen LogP contribution in [0.2, 0.25) is 0 Å². The number of halogens is 3.